The molecule has 0 spiro atoms. The van der Waals surface area contributed by atoms with Crippen LogP contribution in [0.5, 0.6) is 5.75 Å². The maximum Gasteiger partial charge on any atom is 0.426 e. The van der Waals surface area contributed by atoms with Crippen LogP contribution in [0.25, 0.3) is 0 Å². The van der Waals surface area contributed by atoms with E-state index < -0.39 is 24.7 Å². The quantitative estimate of drug-likeness (QED) is 0.865. The Bertz CT molecular complexity index is 353. The zero-order chi connectivity index (χ0) is 12.2. The molecule has 0 fully saturated rings. The van der Waals surface area contributed by atoms with Gasteiger partial charge in [-0.3, -0.25) is 9.78 Å². The first-order chi connectivity index (χ1) is 7.39. The molecule has 16 heavy (non-hydrogen) atoms. The van der Waals surface area contributed by atoms with Crippen molar-refractivity contribution in [1.82, 2.24) is 4.98 Å². The molecule has 1 unspecified atom stereocenters. The fourth-order valence-corrected chi connectivity index (χ4v) is 0.964. The number of aliphatic carboxylic acids is 1. The molecule has 0 saturated heterocycles. The molecule has 0 bridgehead atoms. The topological polar surface area (TPSA) is 59.4 Å². The lowest BCUT2D eigenvalue weighted by Crippen LogP contribution is -2.36. The van der Waals surface area contributed by atoms with Crippen LogP contribution in [0, 0.1) is 0 Å². The van der Waals surface area contributed by atoms with Gasteiger partial charge in [-0.05, 0) is 12.1 Å². The number of nitrogens with zero attached hydrogens (tertiary/aromatic N) is 1. The summed E-state index contributed by atoms with van der Waals surface area (Å²) in [7, 11) is 0. The molecular formula is C9H8F3NO3. The monoisotopic (exact) mass is 235 g/mol. The highest BCUT2D eigenvalue weighted by molar-refractivity contribution is 5.67. The van der Waals surface area contributed by atoms with Crippen molar-refractivity contribution in [2.75, 3.05) is 0 Å². The Labute approximate surface area is 88.7 Å². The van der Waals surface area contributed by atoms with Gasteiger partial charge in [0, 0.05) is 6.20 Å². The normalized spacial score (nSPS) is 13.2. The molecule has 1 N–H and O–H groups in total. The minimum atomic E-state index is -4.73. The summed E-state index contributed by atoms with van der Waals surface area (Å²) in [6.07, 6.45) is -5.78. The number of carbonyl (C=O) groups is 1. The van der Waals surface area contributed by atoms with Crippen molar-refractivity contribution in [3.63, 3.8) is 0 Å². The van der Waals surface area contributed by atoms with E-state index in [0.717, 1.165) is 6.20 Å². The molecule has 0 radical (unpaired) electrons. The Morgan fingerprint density at radius 2 is 2.25 bits per heavy atom. The Hall–Kier alpha value is -1.79. The molecule has 0 aliphatic rings. The van der Waals surface area contributed by atoms with Crippen LogP contribution in [0.3, 0.4) is 0 Å². The number of hydrogen-bond donors (Lipinski definition) is 1. The largest absolute Gasteiger partial charge is 0.481 e. The Morgan fingerprint density at radius 3 is 2.69 bits per heavy atom. The minimum Gasteiger partial charge on any atom is -0.481 e. The molecule has 0 saturated carbocycles. The number of halogens is 3. The number of carboxylic acid groups (broad SMARTS) is 1. The maximum atomic E-state index is 12.4. The van der Waals surface area contributed by atoms with Crippen molar-refractivity contribution >= 4 is 5.97 Å². The molecule has 1 atom stereocenters. The van der Waals surface area contributed by atoms with Crippen LogP contribution in [-0.2, 0) is 4.79 Å². The molecule has 1 aromatic rings. The van der Waals surface area contributed by atoms with Gasteiger partial charge in [0.1, 0.15) is 5.75 Å². The number of carboxylic acids is 1. The van der Waals surface area contributed by atoms with E-state index in [2.05, 4.69) is 9.72 Å². The predicted octanol–water partition coefficient (Wildman–Crippen LogP) is 1.87. The third-order valence-electron chi connectivity index (χ3n) is 1.64. The summed E-state index contributed by atoms with van der Waals surface area (Å²) in [5, 5.41) is 8.33. The summed E-state index contributed by atoms with van der Waals surface area (Å²) in [5.41, 5.74) is 0. The second-order valence-corrected chi connectivity index (χ2v) is 2.93. The molecule has 7 heteroatoms. The summed E-state index contributed by atoms with van der Waals surface area (Å²) in [6.45, 7) is 0. The van der Waals surface area contributed by atoms with Crippen molar-refractivity contribution in [3.05, 3.63) is 24.5 Å². The third-order valence-corrected chi connectivity index (χ3v) is 1.64. The first kappa shape index (κ1) is 12.3. The summed E-state index contributed by atoms with van der Waals surface area (Å²) < 4.78 is 41.6. The highest BCUT2D eigenvalue weighted by atomic mass is 19.4. The molecule has 1 heterocycles. The van der Waals surface area contributed by atoms with Gasteiger partial charge in [0.05, 0.1) is 12.6 Å². The molecule has 1 aromatic heterocycles. The Balaban J connectivity index is 2.75. The van der Waals surface area contributed by atoms with Crippen LogP contribution in [0.1, 0.15) is 6.42 Å². The minimum absolute atomic E-state index is 0.119. The van der Waals surface area contributed by atoms with Crippen molar-refractivity contribution in [2.45, 2.75) is 18.7 Å². The molecule has 0 aromatic carbocycles. The van der Waals surface area contributed by atoms with Crippen LogP contribution in [0.15, 0.2) is 24.5 Å². The van der Waals surface area contributed by atoms with Gasteiger partial charge in [-0.25, -0.2) is 0 Å². The van der Waals surface area contributed by atoms with E-state index in [0.29, 0.717) is 0 Å². The summed E-state index contributed by atoms with van der Waals surface area (Å²) in [5.74, 6) is -1.70. The van der Waals surface area contributed by atoms with Gasteiger partial charge in [0.2, 0.25) is 6.10 Å². The molecule has 1 rings (SSSR count). The zero-order valence-electron chi connectivity index (χ0n) is 7.94. The van der Waals surface area contributed by atoms with Crippen molar-refractivity contribution in [3.8, 4) is 5.75 Å². The third kappa shape index (κ3) is 3.76. The van der Waals surface area contributed by atoms with E-state index >= 15 is 0 Å². The van der Waals surface area contributed by atoms with E-state index in [4.69, 9.17) is 5.11 Å². The van der Waals surface area contributed by atoms with Gasteiger partial charge >= 0.3 is 12.1 Å². The number of alkyl halides is 3. The van der Waals surface area contributed by atoms with Crippen molar-refractivity contribution in [1.29, 1.82) is 0 Å². The number of rotatable bonds is 4. The van der Waals surface area contributed by atoms with E-state index in [1.807, 2.05) is 0 Å². The Kier molecular flexibility index (Phi) is 3.70. The van der Waals surface area contributed by atoms with Crippen molar-refractivity contribution < 1.29 is 27.8 Å². The van der Waals surface area contributed by atoms with Gasteiger partial charge in [-0.1, -0.05) is 0 Å². The zero-order valence-corrected chi connectivity index (χ0v) is 7.94. The Morgan fingerprint density at radius 1 is 1.56 bits per heavy atom. The summed E-state index contributed by atoms with van der Waals surface area (Å²) >= 11 is 0. The van der Waals surface area contributed by atoms with Crippen molar-refractivity contribution in [2.24, 2.45) is 0 Å². The highest BCUT2D eigenvalue weighted by Crippen LogP contribution is 2.26. The van der Waals surface area contributed by atoms with E-state index in [1.54, 1.807) is 0 Å². The summed E-state index contributed by atoms with van der Waals surface area (Å²) in [6, 6.07) is 2.66. The van der Waals surface area contributed by atoms with E-state index in [-0.39, 0.29) is 5.75 Å². The van der Waals surface area contributed by atoms with Gasteiger partial charge in [0.25, 0.3) is 0 Å². The lowest BCUT2D eigenvalue weighted by Gasteiger charge is -2.19. The molecule has 4 nitrogen and oxygen atoms in total. The number of ether oxygens (including phenoxy) is 1. The van der Waals surface area contributed by atoms with Gasteiger partial charge in [0.15, 0.2) is 0 Å². The number of pyridine rings is 1. The van der Waals surface area contributed by atoms with Crippen LogP contribution in [0.4, 0.5) is 13.2 Å². The average molecular weight is 235 g/mol. The SMILES string of the molecule is O=C(O)CC(Oc1cccnc1)C(F)(F)F. The van der Waals surface area contributed by atoms with E-state index in [9.17, 15) is 18.0 Å². The summed E-state index contributed by atoms with van der Waals surface area (Å²) in [4.78, 5) is 13.8. The van der Waals surface area contributed by atoms with Gasteiger partial charge in [-0.2, -0.15) is 13.2 Å². The van der Waals surface area contributed by atoms with Crippen LogP contribution >= 0.6 is 0 Å². The molecule has 0 aliphatic heterocycles. The number of hydrogen-bond acceptors (Lipinski definition) is 3. The molecule has 0 amide bonds. The second-order valence-electron chi connectivity index (χ2n) is 2.93. The number of aromatic nitrogens is 1. The average Bonchev–Trinajstić information content (AvgIpc) is 2.16. The smallest absolute Gasteiger partial charge is 0.426 e. The molecule has 88 valence electrons. The predicted molar refractivity (Wildman–Crippen MR) is 47.0 cm³/mol. The van der Waals surface area contributed by atoms with Crippen LogP contribution in [-0.4, -0.2) is 28.3 Å². The van der Waals surface area contributed by atoms with Crippen LogP contribution in [0.2, 0.25) is 0 Å². The first-order valence-corrected chi connectivity index (χ1v) is 4.25. The first-order valence-electron chi connectivity index (χ1n) is 4.25. The fourth-order valence-electron chi connectivity index (χ4n) is 0.964. The van der Waals surface area contributed by atoms with Gasteiger partial charge < -0.3 is 9.84 Å². The molecule has 0 aliphatic carbocycles. The highest BCUT2D eigenvalue weighted by Gasteiger charge is 2.43. The van der Waals surface area contributed by atoms with E-state index in [1.165, 1.54) is 18.3 Å². The standard InChI is InChI=1S/C9H8F3NO3/c10-9(11,12)7(4-8(14)15)16-6-2-1-3-13-5-6/h1-3,5,7H,4H2,(H,14,15). The second kappa shape index (κ2) is 4.82. The fraction of sp³-hybridized carbons (Fsp3) is 0.333. The lowest BCUT2D eigenvalue weighted by molar-refractivity contribution is -0.200. The van der Waals surface area contributed by atoms with Crippen LogP contribution < -0.4 is 4.74 Å². The molecular weight excluding hydrogens is 227 g/mol. The van der Waals surface area contributed by atoms with Gasteiger partial charge in [-0.15, -0.1) is 0 Å². The lowest BCUT2D eigenvalue weighted by atomic mass is 10.2. The maximum absolute atomic E-state index is 12.4.